The van der Waals surface area contributed by atoms with Crippen LogP contribution in [0.3, 0.4) is 0 Å². The molecule has 0 aliphatic rings. The Kier molecular flexibility index (Phi) is 4.26. The SMILES string of the molecule is CN(C)CCC(N=O)c1ccccc1. The maximum absolute atomic E-state index is 10.6. The molecule has 0 N–H and O–H groups in total. The van der Waals surface area contributed by atoms with Crippen molar-refractivity contribution < 1.29 is 0 Å². The van der Waals surface area contributed by atoms with Crippen LogP contribution in [-0.2, 0) is 0 Å². The van der Waals surface area contributed by atoms with Crippen molar-refractivity contribution in [3.05, 3.63) is 40.8 Å². The van der Waals surface area contributed by atoms with Crippen LogP contribution in [0.2, 0.25) is 0 Å². The normalized spacial score (nSPS) is 12.8. The molecule has 14 heavy (non-hydrogen) atoms. The lowest BCUT2D eigenvalue weighted by molar-refractivity contribution is 0.382. The van der Waals surface area contributed by atoms with Gasteiger partial charge in [-0.1, -0.05) is 35.5 Å². The topological polar surface area (TPSA) is 32.7 Å². The monoisotopic (exact) mass is 192 g/mol. The molecule has 3 heteroatoms. The second-order valence-corrected chi connectivity index (χ2v) is 3.62. The highest BCUT2D eigenvalue weighted by Gasteiger charge is 2.10. The van der Waals surface area contributed by atoms with Gasteiger partial charge in [0, 0.05) is 6.54 Å². The molecule has 0 amide bonds. The van der Waals surface area contributed by atoms with Gasteiger partial charge in [-0.3, -0.25) is 0 Å². The molecule has 1 atom stereocenters. The Morgan fingerprint density at radius 2 is 1.93 bits per heavy atom. The maximum Gasteiger partial charge on any atom is 0.118 e. The molecule has 0 fully saturated rings. The lowest BCUT2D eigenvalue weighted by atomic mass is 10.0. The largest absolute Gasteiger partial charge is 0.309 e. The Labute approximate surface area is 84.7 Å². The van der Waals surface area contributed by atoms with Crippen molar-refractivity contribution in [2.75, 3.05) is 20.6 Å². The predicted octanol–water partition coefficient (Wildman–Crippen LogP) is 2.45. The molecule has 1 rings (SSSR count). The highest BCUT2D eigenvalue weighted by molar-refractivity contribution is 5.18. The summed E-state index contributed by atoms with van der Waals surface area (Å²) in [7, 11) is 3.99. The molecule has 1 aromatic carbocycles. The van der Waals surface area contributed by atoms with Crippen molar-refractivity contribution in [3.63, 3.8) is 0 Å². The minimum Gasteiger partial charge on any atom is -0.309 e. The first-order valence-corrected chi connectivity index (χ1v) is 4.76. The Bertz CT molecular complexity index is 272. The first-order chi connectivity index (χ1) is 6.74. The molecule has 0 spiro atoms. The van der Waals surface area contributed by atoms with E-state index in [1.165, 1.54) is 0 Å². The summed E-state index contributed by atoms with van der Waals surface area (Å²) in [6.45, 7) is 0.880. The lowest BCUT2D eigenvalue weighted by Gasteiger charge is -2.13. The molecule has 0 saturated heterocycles. The number of benzene rings is 1. The molecule has 0 bridgehead atoms. The first-order valence-electron chi connectivity index (χ1n) is 4.76. The van der Waals surface area contributed by atoms with E-state index in [9.17, 15) is 4.91 Å². The van der Waals surface area contributed by atoms with Crippen LogP contribution in [0.4, 0.5) is 0 Å². The molecular formula is C11H16N2O. The average Bonchev–Trinajstić information content (AvgIpc) is 2.20. The van der Waals surface area contributed by atoms with Gasteiger partial charge in [-0.25, -0.2) is 0 Å². The number of hydrogen-bond donors (Lipinski definition) is 0. The van der Waals surface area contributed by atoms with E-state index in [1.807, 2.05) is 44.4 Å². The number of nitroso groups, excluding NO2 is 1. The Balaban J connectivity index is 2.59. The van der Waals surface area contributed by atoms with Crippen LogP contribution < -0.4 is 0 Å². The van der Waals surface area contributed by atoms with E-state index in [-0.39, 0.29) is 6.04 Å². The van der Waals surface area contributed by atoms with Gasteiger partial charge in [0.25, 0.3) is 0 Å². The Morgan fingerprint density at radius 1 is 1.29 bits per heavy atom. The summed E-state index contributed by atoms with van der Waals surface area (Å²) in [4.78, 5) is 12.7. The van der Waals surface area contributed by atoms with E-state index in [1.54, 1.807) is 0 Å². The second kappa shape index (κ2) is 5.50. The minimum atomic E-state index is -0.210. The molecule has 3 nitrogen and oxygen atoms in total. The fourth-order valence-corrected chi connectivity index (χ4v) is 1.34. The van der Waals surface area contributed by atoms with Crippen molar-refractivity contribution >= 4 is 0 Å². The van der Waals surface area contributed by atoms with Gasteiger partial charge in [0.2, 0.25) is 0 Å². The van der Waals surface area contributed by atoms with Crippen molar-refractivity contribution in [1.29, 1.82) is 0 Å². The van der Waals surface area contributed by atoms with Crippen molar-refractivity contribution in [2.24, 2.45) is 5.18 Å². The van der Waals surface area contributed by atoms with Gasteiger partial charge in [-0.15, -0.1) is 0 Å². The van der Waals surface area contributed by atoms with Crippen molar-refractivity contribution in [1.82, 2.24) is 4.90 Å². The van der Waals surface area contributed by atoms with Crippen LogP contribution in [0.1, 0.15) is 18.0 Å². The summed E-state index contributed by atoms with van der Waals surface area (Å²) >= 11 is 0. The van der Waals surface area contributed by atoms with E-state index in [2.05, 4.69) is 10.1 Å². The third-order valence-electron chi connectivity index (χ3n) is 2.16. The molecule has 0 aliphatic carbocycles. The second-order valence-electron chi connectivity index (χ2n) is 3.62. The third kappa shape index (κ3) is 3.26. The number of hydrogen-bond acceptors (Lipinski definition) is 3. The summed E-state index contributed by atoms with van der Waals surface area (Å²) in [5.41, 5.74) is 1.00. The molecule has 1 aromatic rings. The Morgan fingerprint density at radius 3 is 2.43 bits per heavy atom. The maximum atomic E-state index is 10.6. The van der Waals surface area contributed by atoms with Gasteiger partial charge in [-0.2, -0.15) is 4.91 Å². The van der Waals surface area contributed by atoms with Crippen LogP contribution in [0.15, 0.2) is 35.5 Å². The highest BCUT2D eigenvalue weighted by Crippen LogP contribution is 2.20. The van der Waals surface area contributed by atoms with Crippen molar-refractivity contribution in [2.45, 2.75) is 12.5 Å². The van der Waals surface area contributed by atoms with Crippen LogP contribution in [-0.4, -0.2) is 25.5 Å². The van der Waals surface area contributed by atoms with Crippen LogP contribution in [0.5, 0.6) is 0 Å². The van der Waals surface area contributed by atoms with Gasteiger partial charge in [0.1, 0.15) is 6.04 Å². The summed E-state index contributed by atoms with van der Waals surface area (Å²) in [5, 5.41) is 3.15. The van der Waals surface area contributed by atoms with Gasteiger partial charge >= 0.3 is 0 Å². The standard InChI is InChI=1S/C11H16N2O/c1-13(2)9-8-11(12-14)10-6-4-3-5-7-10/h3-7,11H,8-9H2,1-2H3. The van der Waals surface area contributed by atoms with Gasteiger partial charge in [-0.05, 0) is 26.1 Å². The first kappa shape index (κ1) is 10.9. The molecule has 1 unspecified atom stereocenters. The zero-order chi connectivity index (χ0) is 10.4. The molecule has 0 aliphatic heterocycles. The molecular weight excluding hydrogens is 176 g/mol. The van der Waals surface area contributed by atoms with Gasteiger partial charge in [0.05, 0.1) is 0 Å². The van der Waals surface area contributed by atoms with E-state index < -0.39 is 0 Å². The summed E-state index contributed by atoms with van der Waals surface area (Å²) in [5.74, 6) is 0. The van der Waals surface area contributed by atoms with E-state index in [4.69, 9.17) is 0 Å². The molecule has 0 saturated carbocycles. The van der Waals surface area contributed by atoms with Crippen LogP contribution in [0, 0.1) is 4.91 Å². The molecule has 0 radical (unpaired) electrons. The quantitative estimate of drug-likeness (QED) is 0.671. The fraction of sp³-hybridized carbons (Fsp3) is 0.455. The van der Waals surface area contributed by atoms with Gasteiger partial charge < -0.3 is 4.90 Å². The zero-order valence-corrected chi connectivity index (χ0v) is 8.68. The Hall–Kier alpha value is -1.22. The summed E-state index contributed by atoms with van der Waals surface area (Å²) in [6, 6.07) is 9.49. The molecule has 76 valence electrons. The number of rotatable bonds is 5. The van der Waals surface area contributed by atoms with Crippen LogP contribution >= 0.6 is 0 Å². The minimum absolute atomic E-state index is 0.210. The summed E-state index contributed by atoms with van der Waals surface area (Å²) < 4.78 is 0. The molecule has 0 aromatic heterocycles. The zero-order valence-electron chi connectivity index (χ0n) is 8.68. The van der Waals surface area contributed by atoms with E-state index in [0.29, 0.717) is 0 Å². The van der Waals surface area contributed by atoms with E-state index in [0.717, 1.165) is 18.5 Å². The van der Waals surface area contributed by atoms with Gasteiger partial charge in [0.15, 0.2) is 0 Å². The number of nitrogens with zero attached hydrogens (tertiary/aromatic N) is 2. The van der Waals surface area contributed by atoms with Crippen LogP contribution in [0.25, 0.3) is 0 Å². The average molecular weight is 192 g/mol. The lowest BCUT2D eigenvalue weighted by Crippen LogP contribution is -2.15. The van der Waals surface area contributed by atoms with Crippen molar-refractivity contribution in [3.8, 4) is 0 Å². The highest BCUT2D eigenvalue weighted by atomic mass is 16.3. The fourth-order valence-electron chi connectivity index (χ4n) is 1.34. The van der Waals surface area contributed by atoms with E-state index >= 15 is 0 Å². The summed E-state index contributed by atoms with van der Waals surface area (Å²) in [6.07, 6.45) is 0.778. The predicted molar refractivity (Wildman–Crippen MR) is 58.1 cm³/mol. The third-order valence-corrected chi connectivity index (χ3v) is 2.16. The molecule has 0 heterocycles. The smallest absolute Gasteiger partial charge is 0.118 e.